The summed E-state index contributed by atoms with van der Waals surface area (Å²) in [5, 5.41) is 11.8. The monoisotopic (exact) mass is 220 g/mol. The molecular formula is C11H16N4O. The molecule has 1 aliphatic carbocycles. The minimum absolute atomic E-state index is 0.0735. The fraction of sp³-hybridized carbons (Fsp3) is 0.545. The molecule has 1 unspecified atom stereocenters. The van der Waals surface area contributed by atoms with E-state index in [4.69, 9.17) is 10.9 Å². The van der Waals surface area contributed by atoms with Crippen LogP contribution in [0.3, 0.4) is 0 Å². The van der Waals surface area contributed by atoms with Gasteiger partial charge in [-0.1, -0.05) is 13.8 Å². The van der Waals surface area contributed by atoms with E-state index in [1.54, 1.807) is 12.4 Å². The Balaban J connectivity index is 2.46. The molecule has 86 valence electrons. The van der Waals surface area contributed by atoms with Crippen molar-refractivity contribution in [3.63, 3.8) is 0 Å². The predicted octanol–water partition coefficient (Wildman–Crippen LogP) is 1.57. The van der Waals surface area contributed by atoms with Gasteiger partial charge in [-0.3, -0.25) is 0 Å². The first-order chi connectivity index (χ1) is 7.52. The molecule has 1 aromatic rings. The molecule has 5 nitrogen and oxygen atoms in total. The van der Waals surface area contributed by atoms with E-state index in [9.17, 15) is 0 Å². The first-order valence-electron chi connectivity index (χ1n) is 5.31. The van der Waals surface area contributed by atoms with Crippen molar-refractivity contribution in [1.29, 1.82) is 0 Å². The highest BCUT2D eigenvalue weighted by Crippen LogP contribution is 2.40. The van der Waals surface area contributed by atoms with Crippen LogP contribution in [0.25, 0.3) is 0 Å². The lowest BCUT2D eigenvalue weighted by atomic mass is 9.71. The maximum Gasteiger partial charge on any atom is 0.220 e. The summed E-state index contributed by atoms with van der Waals surface area (Å²) in [7, 11) is 0. The third-order valence-corrected chi connectivity index (χ3v) is 2.98. The normalized spacial score (nSPS) is 23.2. The molecule has 0 fully saturated rings. The molecule has 5 heteroatoms. The van der Waals surface area contributed by atoms with Crippen LogP contribution < -0.4 is 5.73 Å². The summed E-state index contributed by atoms with van der Waals surface area (Å²) in [6.07, 6.45) is 5.08. The van der Waals surface area contributed by atoms with Crippen molar-refractivity contribution in [2.45, 2.75) is 32.6 Å². The van der Waals surface area contributed by atoms with Gasteiger partial charge in [0.1, 0.15) is 0 Å². The fourth-order valence-corrected chi connectivity index (χ4v) is 2.34. The van der Waals surface area contributed by atoms with E-state index in [0.29, 0.717) is 5.95 Å². The van der Waals surface area contributed by atoms with Crippen LogP contribution in [0.2, 0.25) is 0 Å². The number of nitrogens with two attached hydrogens (primary N) is 1. The Morgan fingerprint density at radius 3 is 3.06 bits per heavy atom. The van der Waals surface area contributed by atoms with E-state index in [1.165, 1.54) is 0 Å². The van der Waals surface area contributed by atoms with Gasteiger partial charge in [0.05, 0.1) is 11.9 Å². The molecule has 3 N–H and O–H groups in total. The van der Waals surface area contributed by atoms with Gasteiger partial charge in [-0.05, 0) is 18.3 Å². The van der Waals surface area contributed by atoms with Gasteiger partial charge in [0.15, 0.2) is 0 Å². The summed E-state index contributed by atoms with van der Waals surface area (Å²) in [4.78, 5) is 8.26. The highest BCUT2D eigenvalue weighted by atomic mass is 16.4. The highest BCUT2D eigenvalue weighted by Gasteiger charge is 2.32. The molecule has 0 saturated heterocycles. The summed E-state index contributed by atoms with van der Waals surface area (Å²) in [5.74, 6) is 0.375. The molecule has 0 saturated carbocycles. The predicted molar refractivity (Wildman–Crippen MR) is 61.6 cm³/mol. The second-order valence-electron chi connectivity index (χ2n) is 5.05. The molecule has 0 aliphatic heterocycles. The standard InChI is InChI=1S/C11H16N4O/c1-11(2)3-7(5-14-16)8-6-13-10(12)15-9(8)4-11/h5-7,16H,3-4H2,1-2H3,(H2,12,13,15). The summed E-state index contributed by atoms with van der Waals surface area (Å²) in [6.45, 7) is 4.35. The van der Waals surface area contributed by atoms with Crippen molar-refractivity contribution in [1.82, 2.24) is 9.97 Å². The summed E-state index contributed by atoms with van der Waals surface area (Å²) in [5.41, 5.74) is 7.71. The Bertz CT molecular complexity index is 428. The lowest BCUT2D eigenvalue weighted by Crippen LogP contribution is -2.27. The van der Waals surface area contributed by atoms with E-state index < -0.39 is 0 Å². The molecule has 0 bridgehead atoms. The largest absolute Gasteiger partial charge is 0.411 e. The maximum absolute atomic E-state index is 8.67. The summed E-state index contributed by atoms with van der Waals surface area (Å²) >= 11 is 0. The van der Waals surface area contributed by atoms with Crippen molar-refractivity contribution < 1.29 is 5.21 Å². The van der Waals surface area contributed by atoms with Gasteiger partial charge in [-0.15, -0.1) is 5.16 Å². The third kappa shape index (κ3) is 1.98. The number of hydrogen-bond donors (Lipinski definition) is 2. The second kappa shape index (κ2) is 3.73. The zero-order chi connectivity index (χ0) is 11.8. The van der Waals surface area contributed by atoms with Crippen LogP contribution in [-0.4, -0.2) is 21.4 Å². The minimum atomic E-state index is 0.0735. The molecule has 2 rings (SSSR count). The van der Waals surface area contributed by atoms with Crippen molar-refractivity contribution in [2.75, 3.05) is 5.73 Å². The highest BCUT2D eigenvalue weighted by molar-refractivity contribution is 5.68. The first-order valence-corrected chi connectivity index (χ1v) is 5.31. The zero-order valence-corrected chi connectivity index (χ0v) is 9.51. The van der Waals surface area contributed by atoms with Crippen molar-refractivity contribution in [3.05, 3.63) is 17.5 Å². The molecule has 0 radical (unpaired) electrons. The molecule has 0 amide bonds. The van der Waals surface area contributed by atoms with Crippen LogP contribution in [0, 0.1) is 5.41 Å². The van der Waals surface area contributed by atoms with Crippen molar-refractivity contribution in [2.24, 2.45) is 10.6 Å². The molecule has 0 spiro atoms. The lowest BCUT2D eigenvalue weighted by Gasteiger charge is -2.34. The average molecular weight is 220 g/mol. The topological polar surface area (TPSA) is 84.4 Å². The number of rotatable bonds is 1. The van der Waals surface area contributed by atoms with E-state index in [2.05, 4.69) is 29.0 Å². The third-order valence-electron chi connectivity index (χ3n) is 2.98. The summed E-state index contributed by atoms with van der Waals surface area (Å²) in [6, 6.07) is 0. The Morgan fingerprint density at radius 2 is 2.38 bits per heavy atom. The number of nitrogens with zero attached hydrogens (tertiary/aromatic N) is 3. The van der Waals surface area contributed by atoms with E-state index in [0.717, 1.165) is 24.1 Å². The van der Waals surface area contributed by atoms with Crippen LogP contribution in [0.15, 0.2) is 11.4 Å². The van der Waals surface area contributed by atoms with Crippen LogP contribution in [0.5, 0.6) is 0 Å². The Hall–Kier alpha value is -1.65. The van der Waals surface area contributed by atoms with Gasteiger partial charge in [-0.25, -0.2) is 9.97 Å². The van der Waals surface area contributed by atoms with Crippen molar-refractivity contribution >= 4 is 12.2 Å². The van der Waals surface area contributed by atoms with Crippen molar-refractivity contribution in [3.8, 4) is 0 Å². The SMILES string of the molecule is CC1(C)Cc2nc(N)ncc2C(C=NO)C1. The molecule has 1 atom stereocenters. The Labute approximate surface area is 94.4 Å². The number of oxime groups is 1. The second-order valence-corrected chi connectivity index (χ2v) is 5.05. The number of aromatic nitrogens is 2. The van der Waals surface area contributed by atoms with Crippen LogP contribution >= 0.6 is 0 Å². The van der Waals surface area contributed by atoms with Gasteiger partial charge in [-0.2, -0.15) is 0 Å². The first kappa shape index (κ1) is 10.9. The molecule has 0 aromatic carbocycles. The molecule has 1 aromatic heterocycles. The maximum atomic E-state index is 8.67. The molecule has 1 heterocycles. The zero-order valence-electron chi connectivity index (χ0n) is 9.51. The van der Waals surface area contributed by atoms with E-state index in [1.807, 2.05) is 0 Å². The van der Waals surface area contributed by atoms with Gasteiger partial charge >= 0.3 is 0 Å². The van der Waals surface area contributed by atoms with E-state index >= 15 is 0 Å². The lowest BCUT2D eigenvalue weighted by molar-refractivity contribution is 0.292. The van der Waals surface area contributed by atoms with Gasteiger partial charge in [0.25, 0.3) is 0 Å². The van der Waals surface area contributed by atoms with E-state index in [-0.39, 0.29) is 11.3 Å². The summed E-state index contributed by atoms with van der Waals surface area (Å²) < 4.78 is 0. The molecule has 1 aliphatic rings. The number of nitrogen functional groups attached to an aromatic ring is 1. The average Bonchev–Trinajstić information content (AvgIpc) is 2.15. The molecular weight excluding hydrogens is 204 g/mol. The quantitative estimate of drug-likeness (QED) is 0.427. The van der Waals surface area contributed by atoms with Gasteiger partial charge in [0, 0.05) is 17.7 Å². The molecule has 16 heavy (non-hydrogen) atoms. The minimum Gasteiger partial charge on any atom is -0.411 e. The van der Waals surface area contributed by atoms with Crippen LogP contribution in [0.1, 0.15) is 37.4 Å². The number of anilines is 1. The number of hydrogen-bond acceptors (Lipinski definition) is 5. The van der Waals surface area contributed by atoms with Gasteiger partial charge < -0.3 is 10.9 Å². The Kier molecular flexibility index (Phi) is 2.53. The van der Waals surface area contributed by atoms with Crippen LogP contribution in [0.4, 0.5) is 5.95 Å². The van der Waals surface area contributed by atoms with Crippen LogP contribution in [-0.2, 0) is 6.42 Å². The smallest absolute Gasteiger partial charge is 0.220 e. The Morgan fingerprint density at radius 1 is 1.62 bits per heavy atom. The number of fused-ring (bicyclic) bond motifs is 1. The fourth-order valence-electron chi connectivity index (χ4n) is 2.34. The van der Waals surface area contributed by atoms with Gasteiger partial charge in [0.2, 0.25) is 5.95 Å².